The molecule has 80 valence electrons. The second-order valence-corrected chi connectivity index (χ2v) is 3.99. The van der Waals surface area contributed by atoms with Crippen molar-refractivity contribution in [1.82, 2.24) is 0 Å². The van der Waals surface area contributed by atoms with Crippen molar-refractivity contribution in [3.63, 3.8) is 0 Å². The molecule has 0 unspecified atom stereocenters. The largest absolute Gasteiger partial charge is 0.357 e. The molecule has 1 aliphatic heterocycles. The molecule has 0 fully saturated rings. The number of nitrogens with zero attached hydrogens (tertiary/aromatic N) is 1. The smallest absolute Gasteiger partial charge is 0.161 e. The highest BCUT2D eigenvalue weighted by Crippen LogP contribution is 2.23. The first-order valence-electron chi connectivity index (χ1n) is 5.71. The zero-order valence-electron chi connectivity index (χ0n) is 9.20. The molecule has 0 aromatic heterocycles. The van der Waals surface area contributed by atoms with E-state index in [9.17, 15) is 0 Å². The van der Waals surface area contributed by atoms with Crippen LogP contribution in [0.2, 0.25) is 0 Å². The lowest BCUT2D eigenvalue weighted by Crippen LogP contribution is -2.11. The molecule has 0 saturated heterocycles. The zero-order chi connectivity index (χ0) is 10.5. The Kier molecular flexibility index (Phi) is 3.38. The molecule has 0 bridgehead atoms. The minimum absolute atomic E-state index is 0.914. The Morgan fingerprint density at radius 2 is 2.13 bits per heavy atom. The summed E-state index contributed by atoms with van der Waals surface area (Å²) < 4.78 is 0. The molecule has 0 spiro atoms. The first-order chi connectivity index (χ1) is 7.40. The van der Waals surface area contributed by atoms with E-state index in [2.05, 4.69) is 24.2 Å². The highest BCUT2D eigenvalue weighted by Gasteiger charge is 2.12. The van der Waals surface area contributed by atoms with E-state index in [4.69, 9.17) is 4.84 Å². The number of rotatable bonds is 4. The first-order valence-corrected chi connectivity index (χ1v) is 5.71. The molecule has 1 aromatic carbocycles. The van der Waals surface area contributed by atoms with E-state index in [-0.39, 0.29) is 0 Å². The third kappa shape index (κ3) is 2.58. The summed E-state index contributed by atoms with van der Waals surface area (Å²) in [7, 11) is 0. The van der Waals surface area contributed by atoms with Gasteiger partial charge in [0.2, 0.25) is 0 Å². The number of fused-ring (bicyclic) bond motifs is 1. The minimum atomic E-state index is 0.914. The van der Waals surface area contributed by atoms with Gasteiger partial charge in [0.05, 0.1) is 5.71 Å². The lowest BCUT2D eigenvalue weighted by atomic mass is 10.0. The lowest BCUT2D eigenvalue weighted by Gasteiger charge is -2.14. The molecule has 15 heavy (non-hydrogen) atoms. The van der Waals surface area contributed by atoms with Crippen LogP contribution in [-0.2, 0) is 6.42 Å². The summed E-state index contributed by atoms with van der Waals surface area (Å²) in [6.45, 7) is 2.22. The van der Waals surface area contributed by atoms with Crippen molar-refractivity contribution in [3.05, 3.63) is 29.8 Å². The van der Waals surface area contributed by atoms with Gasteiger partial charge in [-0.1, -0.05) is 43.1 Å². The van der Waals surface area contributed by atoms with Crippen LogP contribution in [-0.4, -0.2) is 5.71 Å². The van der Waals surface area contributed by atoms with Crippen LogP contribution < -0.4 is 4.84 Å². The molecule has 0 atom stereocenters. The molecule has 1 aromatic rings. The Bertz CT molecular complexity index is 357. The monoisotopic (exact) mass is 203 g/mol. The standard InChI is InChI=1S/C13H17NO/c1-2-3-4-8-12-10-11-7-5-6-9-13(11)15-14-12/h5-7,9H,2-4,8,10H2,1H3. The number of benzene rings is 1. The summed E-state index contributed by atoms with van der Waals surface area (Å²) in [6, 6.07) is 8.12. The Labute approximate surface area is 90.9 Å². The van der Waals surface area contributed by atoms with E-state index in [0.717, 1.165) is 18.6 Å². The van der Waals surface area contributed by atoms with Gasteiger partial charge < -0.3 is 4.84 Å². The minimum Gasteiger partial charge on any atom is -0.357 e. The van der Waals surface area contributed by atoms with Crippen LogP contribution in [0.15, 0.2) is 29.4 Å². The SMILES string of the molecule is CCCCCC1=NOc2ccccc2C1. The Morgan fingerprint density at radius 3 is 3.00 bits per heavy atom. The van der Waals surface area contributed by atoms with Gasteiger partial charge in [-0.15, -0.1) is 0 Å². The Balaban J connectivity index is 1.94. The van der Waals surface area contributed by atoms with Crippen molar-refractivity contribution in [2.75, 3.05) is 0 Å². The fraction of sp³-hybridized carbons (Fsp3) is 0.462. The highest BCUT2D eigenvalue weighted by molar-refractivity contribution is 5.87. The van der Waals surface area contributed by atoms with Gasteiger partial charge in [0.1, 0.15) is 0 Å². The van der Waals surface area contributed by atoms with Gasteiger partial charge in [-0.25, -0.2) is 0 Å². The fourth-order valence-electron chi connectivity index (χ4n) is 1.82. The third-order valence-corrected chi connectivity index (χ3v) is 2.71. The van der Waals surface area contributed by atoms with E-state index in [1.807, 2.05) is 12.1 Å². The van der Waals surface area contributed by atoms with Gasteiger partial charge in [-0.05, 0) is 18.9 Å². The van der Waals surface area contributed by atoms with E-state index in [1.165, 1.54) is 30.5 Å². The van der Waals surface area contributed by atoms with Gasteiger partial charge in [-0.2, -0.15) is 0 Å². The van der Waals surface area contributed by atoms with Crippen LogP contribution in [0.1, 0.15) is 38.2 Å². The molecule has 0 radical (unpaired) electrons. The quantitative estimate of drug-likeness (QED) is 0.686. The van der Waals surface area contributed by atoms with E-state index >= 15 is 0 Å². The molecule has 0 aliphatic carbocycles. The van der Waals surface area contributed by atoms with Crippen LogP contribution in [0.5, 0.6) is 5.75 Å². The number of oxime groups is 1. The maximum Gasteiger partial charge on any atom is 0.161 e. The molecule has 0 amide bonds. The molecule has 2 heteroatoms. The van der Waals surface area contributed by atoms with Crippen LogP contribution in [0.3, 0.4) is 0 Å². The van der Waals surface area contributed by atoms with Crippen molar-refractivity contribution in [2.45, 2.75) is 39.0 Å². The first kappa shape index (κ1) is 10.2. The number of hydrogen-bond donors (Lipinski definition) is 0. The second kappa shape index (κ2) is 4.96. The fourth-order valence-corrected chi connectivity index (χ4v) is 1.82. The van der Waals surface area contributed by atoms with Crippen molar-refractivity contribution in [2.24, 2.45) is 5.16 Å². The Morgan fingerprint density at radius 1 is 1.27 bits per heavy atom. The maximum absolute atomic E-state index is 5.35. The van der Waals surface area contributed by atoms with E-state index in [0.29, 0.717) is 0 Å². The van der Waals surface area contributed by atoms with E-state index < -0.39 is 0 Å². The molecule has 1 heterocycles. The van der Waals surface area contributed by atoms with Gasteiger partial charge in [0.25, 0.3) is 0 Å². The Hall–Kier alpha value is -1.31. The molecular formula is C13H17NO. The molecule has 0 saturated carbocycles. The summed E-state index contributed by atoms with van der Waals surface area (Å²) >= 11 is 0. The molecule has 2 nitrogen and oxygen atoms in total. The summed E-state index contributed by atoms with van der Waals surface area (Å²) in [5.74, 6) is 0.914. The predicted octanol–water partition coefficient (Wildman–Crippen LogP) is 3.56. The normalized spacial score (nSPS) is 14.1. The molecule has 1 aliphatic rings. The third-order valence-electron chi connectivity index (χ3n) is 2.71. The highest BCUT2D eigenvalue weighted by atomic mass is 16.6. The van der Waals surface area contributed by atoms with Gasteiger partial charge in [-0.3, -0.25) is 0 Å². The van der Waals surface area contributed by atoms with Gasteiger partial charge in [0.15, 0.2) is 5.75 Å². The van der Waals surface area contributed by atoms with Crippen LogP contribution in [0, 0.1) is 0 Å². The average molecular weight is 203 g/mol. The van der Waals surface area contributed by atoms with Crippen molar-refractivity contribution < 1.29 is 4.84 Å². The summed E-state index contributed by atoms with van der Waals surface area (Å²) in [4.78, 5) is 5.35. The molecule has 2 rings (SSSR count). The number of para-hydroxylation sites is 1. The van der Waals surface area contributed by atoms with Crippen LogP contribution in [0.4, 0.5) is 0 Å². The van der Waals surface area contributed by atoms with Crippen LogP contribution in [0.25, 0.3) is 0 Å². The zero-order valence-corrected chi connectivity index (χ0v) is 9.20. The van der Waals surface area contributed by atoms with Crippen LogP contribution >= 0.6 is 0 Å². The van der Waals surface area contributed by atoms with Gasteiger partial charge >= 0.3 is 0 Å². The van der Waals surface area contributed by atoms with Crippen molar-refractivity contribution in [1.29, 1.82) is 0 Å². The predicted molar refractivity (Wildman–Crippen MR) is 62.4 cm³/mol. The second-order valence-electron chi connectivity index (χ2n) is 3.99. The number of hydrogen-bond acceptors (Lipinski definition) is 2. The summed E-state index contributed by atoms with van der Waals surface area (Å²) in [5.41, 5.74) is 2.45. The maximum atomic E-state index is 5.35. The lowest BCUT2D eigenvalue weighted by molar-refractivity contribution is 0.328. The summed E-state index contributed by atoms with van der Waals surface area (Å²) in [6.07, 6.45) is 5.79. The average Bonchev–Trinajstić information content (AvgIpc) is 2.29. The van der Waals surface area contributed by atoms with Gasteiger partial charge in [0, 0.05) is 12.0 Å². The number of unbranched alkanes of at least 4 members (excludes halogenated alkanes) is 2. The van der Waals surface area contributed by atoms with E-state index in [1.54, 1.807) is 0 Å². The summed E-state index contributed by atoms with van der Waals surface area (Å²) in [5, 5.41) is 4.16. The topological polar surface area (TPSA) is 21.6 Å². The molecule has 0 N–H and O–H groups in total. The van der Waals surface area contributed by atoms with Crippen molar-refractivity contribution >= 4 is 5.71 Å². The molecular weight excluding hydrogens is 186 g/mol. The van der Waals surface area contributed by atoms with Crippen molar-refractivity contribution in [3.8, 4) is 5.75 Å².